The summed E-state index contributed by atoms with van der Waals surface area (Å²) in [6, 6.07) is 11.1. The van der Waals surface area contributed by atoms with Gasteiger partial charge in [-0.15, -0.1) is 0 Å². The van der Waals surface area contributed by atoms with Crippen LogP contribution in [0.5, 0.6) is 11.5 Å². The van der Waals surface area contributed by atoms with Gasteiger partial charge in [0.2, 0.25) is 5.91 Å². The zero-order chi connectivity index (χ0) is 21.8. The highest BCUT2D eigenvalue weighted by molar-refractivity contribution is 5.91. The number of urea groups is 1. The van der Waals surface area contributed by atoms with Gasteiger partial charge in [0, 0.05) is 31.4 Å². The molecule has 2 aromatic rings. The molecule has 1 saturated heterocycles. The van der Waals surface area contributed by atoms with E-state index in [1.807, 2.05) is 6.92 Å². The van der Waals surface area contributed by atoms with Gasteiger partial charge in [0.15, 0.2) is 11.5 Å². The first-order valence-corrected chi connectivity index (χ1v) is 10.4. The zero-order valence-electron chi connectivity index (χ0n) is 17.4. The van der Waals surface area contributed by atoms with Gasteiger partial charge in [0.05, 0.1) is 5.41 Å². The summed E-state index contributed by atoms with van der Waals surface area (Å²) in [5.41, 5.74) is 0.743. The summed E-state index contributed by atoms with van der Waals surface area (Å²) in [7, 11) is 0. The number of halogens is 1. The van der Waals surface area contributed by atoms with Crippen molar-refractivity contribution in [2.24, 2.45) is 5.41 Å². The van der Waals surface area contributed by atoms with E-state index in [0.717, 1.165) is 12.0 Å². The summed E-state index contributed by atoms with van der Waals surface area (Å²) in [6.45, 7) is 4.07. The van der Waals surface area contributed by atoms with Crippen molar-refractivity contribution < 1.29 is 23.5 Å². The van der Waals surface area contributed by atoms with E-state index in [9.17, 15) is 14.0 Å². The summed E-state index contributed by atoms with van der Waals surface area (Å²) >= 11 is 0. The molecule has 31 heavy (non-hydrogen) atoms. The van der Waals surface area contributed by atoms with Crippen LogP contribution in [0.15, 0.2) is 42.5 Å². The molecule has 2 aliphatic rings. The van der Waals surface area contributed by atoms with Gasteiger partial charge >= 0.3 is 6.03 Å². The summed E-state index contributed by atoms with van der Waals surface area (Å²) < 4.78 is 24.1. The number of ether oxygens (including phenoxy) is 2. The lowest BCUT2D eigenvalue weighted by molar-refractivity contribution is -0.132. The minimum absolute atomic E-state index is 0.117. The van der Waals surface area contributed by atoms with Crippen molar-refractivity contribution in [3.8, 4) is 11.5 Å². The molecule has 0 aromatic heterocycles. The van der Waals surface area contributed by atoms with Gasteiger partial charge in [-0.25, -0.2) is 9.18 Å². The second-order valence-corrected chi connectivity index (χ2v) is 8.18. The molecule has 0 radical (unpaired) electrons. The molecule has 2 heterocycles. The van der Waals surface area contributed by atoms with Crippen molar-refractivity contribution in [1.29, 1.82) is 0 Å². The lowest BCUT2D eigenvalue weighted by Gasteiger charge is -2.39. The van der Waals surface area contributed by atoms with Gasteiger partial charge in [-0.05, 0) is 49.6 Å². The Balaban J connectivity index is 1.35. The third-order valence-corrected chi connectivity index (χ3v) is 5.69. The maximum atomic E-state index is 13.1. The number of nitrogens with one attached hydrogen (secondary N) is 2. The summed E-state index contributed by atoms with van der Waals surface area (Å²) in [4.78, 5) is 27.4. The number of carbonyl (C=O) groups excluding carboxylic acids is 2. The molecule has 8 heteroatoms. The van der Waals surface area contributed by atoms with Crippen molar-refractivity contribution in [1.82, 2.24) is 10.2 Å². The van der Waals surface area contributed by atoms with Gasteiger partial charge in [0.25, 0.3) is 0 Å². The van der Waals surface area contributed by atoms with Crippen LogP contribution < -0.4 is 20.1 Å². The number of carbonyl (C=O) groups is 2. The van der Waals surface area contributed by atoms with E-state index >= 15 is 0 Å². The number of benzene rings is 2. The molecular weight excluding hydrogens is 401 g/mol. The Morgan fingerprint density at radius 1 is 1.10 bits per heavy atom. The maximum absolute atomic E-state index is 13.1. The van der Waals surface area contributed by atoms with Crippen LogP contribution in [0.25, 0.3) is 0 Å². The lowest BCUT2D eigenvalue weighted by Crippen LogP contribution is -2.52. The Labute approximate surface area is 180 Å². The Bertz CT molecular complexity index is 966. The number of fused-ring (bicyclic) bond motifs is 1. The molecule has 0 aliphatic carbocycles. The Hall–Kier alpha value is -3.29. The number of hydrogen-bond donors (Lipinski definition) is 2. The van der Waals surface area contributed by atoms with Crippen LogP contribution in [0, 0.1) is 11.2 Å². The van der Waals surface area contributed by atoms with E-state index in [4.69, 9.17) is 9.47 Å². The average Bonchev–Trinajstić information content (AvgIpc) is 2.78. The second kappa shape index (κ2) is 8.83. The van der Waals surface area contributed by atoms with E-state index in [-0.39, 0.29) is 17.8 Å². The van der Waals surface area contributed by atoms with Crippen LogP contribution in [-0.2, 0) is 11.3 Å². The topological polar surface area (TPSA) is 79.9 Å². The fourth-order valence-corrected chi connectivity index (χ4v) is 3.92. The second-order valence-electron chi connectivity index (χ2n) is 8.18. The molecule has 0 bridgehead atoms. The summed E-state index contributed by atoms with van der Waals surface area (Å²) in [5.74, 6) is 0.836. The number of likely N-dealkylation sites (tertiary alicyclic amines) is 1. The first kappa shape index (κ1) is 21.0. The van der Waals surface area contributed by atoms with Gasteiger partial charge in [-0.2, -0.15) is 0 Å². The predicted octanol–water partition coefficient (Wildman–Crippen LogP) is 3.55. The van der Waals surface area contributed by atoms with Crippen molar-refractivity contribution in [3.63, 3.8) is 0 Å². The lowest BCUT2D eigenvalue weighted by atomic mass is 9.81. The Morgan fingerprint density at radius 3 is 2.61 bits per heavy atom. The molecule has 7 nitrogen and oxygen atoms in total. The van der Waals surface area contributed by atoms with Gasteiger partial charge in [0.1, 0.15) is 19.0 Å². The smallest absolute Gasteiger partial charge is 0.321 e. The van der Waals surface area contributed by atoms with Crippen LogP contribution in [-0.4, -0.2) is 43.1 Å². The number of hydrogen-bond acceptors (Lipinski definition) is 4. The first-order valence-electron chi connectivity index (χ1n) is 10.4. The maximum Gasteiger partial charge on any atom is 0.321 e. The normalized spacial score (nSPS) is 20.1. The standard InChI is InChI=1S/C23H26FN3O4/c1-23(21(28)25-14-16-3-5-17(24)6-4-16)9-2-10-27(15-23)22(29)26-18-7-8-19-20(13-18)31-12-11-30-19/h3-8,13H,2,9-12,14-15H2,1H3,(H,25,28)(H,26,29). The first-order chi connectivity index (χ1) is 14.9. The van der Waals surface area contributed by atoms with Crippen LogP contribution in [0.1, 0.15) is 25.3 Å². The number of anilines is 1. The van der Waals surface area contributed by atoms with Crippen LogP contribution in [0.3, 0.4) is 0 Å². The highest BCUT2D eigenvalue weighted by Crippen LogP contribution is 2.33. The molecule has 0 saturated carbocycles. The highest BCUT2D eigenvalue weighted by atomic mass is 19.1. The van der Waals surface area contributed by atoms with Crippen LogP contribution in [0.2, 0.25) is 0 Å². The molecular formula is C23H26FN3O4. The van der Waals surface area contributed by atoms with Crippen LogP contribution in [0.4, 0.5) is 14.9 Å². The van der Waals surface area contributed by atoms with Gasteiger partial charge < -0.3 is 25.0 Å². The van der Waals surface area contributed by atoms with Crippen molar-refractivity contribution in [3.05, 3.63) is 53.8 Å². The van der Waals surface area contributed by atoms with Gasteiger partial charge in [-0.3, -0.25) is 4.79 Å². The molecule has 2 N–H and O–H groups in total. The number of nitrogens with zero attached hydrogens (tertiary/aromatic N) is 1. The predicted molar refractivity (Wildman–Crippen MR) is 114 cm³/mol. The average molecular weight is 427 g/mol. The summed E-state index contributed by atoms with van der Waals surface area (Å²) in [6.07, 6.45) is 1.42. The number of rotatable bonds is 4. The monoisotopic (exact) mass is 427 g/mol. The number of piperidine rings is 1. The van der Waals surface area contributed by atoms with Crippen LogP contribution >= 0.6 is 0 Å². The zero-order valence-corrected chi connectivity index (χ0v) is 17.4. The molecule has 4 rings (SSSR count). The van der Waals surface area contributed by atoms with E-state index in [2.05, 4.69) is 10.6 Å². The molecule has 1 unspecified atom stereocenters. The molecule has 2 aromatic carbocycles. The highest BCUT2D eigenvalue weighted by Gasteiger charge is 2.39. The third-order valence-electron chi connectivity index (χ3n) is 5.69. The van der Waals surface area contributed by atoms with Crippen molar-refractivity contribution in [2.75, 3.05) is 31.6 Å². The largest absolute Gasteiger partial charge is 0.486 e. The number of amides is 3. The summed E-state index contributed by atoms with van der Waals surface area (Å²) in [5, 5.41) is 5.81. The quantitative estimate of drug-likeness (QED) is 0.782. The third kappa shape index (κ3) is 4.90. The Kier molecular flexibility index (Phi) is 5.97. The Morgan fingerprint density at radius 2 is 1.84 bits per heavy atom. The molecule has 1 fully saturated rings. The molecule has 2 aliphatic heterocycles. The molecule has 3 amide bonds. The van der Waals surface area contributed by atoms with Crippen molar-refractivity contribution >= 4 is 17.6 Å². The minimum Gasteiger partial charge on any atom is -0.486 e. The van der Waals surface area contributed by atoms with E-state index in [1.165, 1.54) is 12.1 Å². The van der Waals surface area contributed by atoms with E-state index < -0.39 is 5.41 Å². The SMILES string of the molecule is CC1(C(=O)NCc2ccc(F)cc2)CCCN(C(=O)Nc2ccc3c(c2)OCCO3)C1. The van der Waals surface area contributed by atoms with E-state index in [0.29, 0.717) is 56.5 Å². The molecule has 1 atom stereocenters. The van der Waals surface area contributed by atoms with Crippen molar-refractivity contribution in [2.45, 2.75) is 26.3 Å². The minimum atomic E-state index is -0.692. The fourth-order valence-electron chi connectivity index (χ4n) is 3.92. The molecule has 164 valence electrons. The van der Waals surface area contributed by atoms with Gasteiger partial charge in [-0.1, -0.05) is 12.1 Å². The fraction of sp³-hybridized carbons (Fsp3) is 0.391. The molecule has 0 spiro atoms. The van der Waals surface area contributed by atoms with E-state index in [1.54, 1.807) is 35.2 Å².